The molecule has 3 heteroatoms. The predicted molar refractivity (Wildman–Crippen MR) is 86.0 cm³/mol. The zero-order valence-electron chi connectivity index (χ0n) is 12.3. The Hall–Kier alpha value is -1.77. The molecule has 20 heavy (non-hydrogen) atoms. The first kappa shape index (κ1) is 13.2. The lowest BCUT2D eigenvalue weighted by molar-refractivity contribution is 0.335. The van der Waals surface area contributed by atoms with Crippen LogP contribution in [0.1, 0.15) is 32.6 Å². The molecule has 0 radical (unpaired) electrons. The molecule has 2 aromatic rings. The highest BCUT2D eigenvalue weighted by Crippen LogP contribution is 2.29. The molecule has 1 aromatic carbocycles. The van der Waals surface area contributed by atoms with E-state index in [1.54, 1.807) is 0 Å². The van der Waals surface area contributed by atoms with Crippen LogP contribution in [0.5, 0.6) is 0 Å². The minimum Gasteiger partial charge on any atom is -0.399 e. The number of rotatable bonds is 2. The zero-order valence-corrected chi connectivity index (χ0v) is 12.3. The van der Waals surface area contributed by atoms with Gasteiger partial charge in [0.1, 0.15) is 5.82 Å². The second-order valence-electron chi connectivity index (χ2n) is 6.16. The van der Waals surface area contributed by atoms with Crippen LogP contribution in [-0.4, -0.2) is 18.1 Å². The third-order valence-corrected chi connectivity index (χ3v) is 4.52. The van der Waals surface area contributed by atoms with Crippen LogP contribution < -0.4 is 10.6 Å². The van der Waals surface area contributed by atoms with Crippen molar-refractivity contribution >= 4 is 22.4 Å². The molecule has 2 N–H and O–H groups in total. The molecule has 1 heterocycles. The van der Waals surface area contributed by atoms with Crippen molar-refractivity contribution in [1.82, 2.24) is 4.98 Å². The Labute approximate surface area is 120 Å². The molecule has 0 spiro atoms. The van der Waals surface area contributed by atoms with E-state index < -0.39 is 0 Å². The summed E-state index contributed by atoms with van der Waals surface area (Å²) in [6, 6.07) is 10.8. The summed E-state index contributed by atoms with van der Waals surface area (Å²) in [6.45, 7) is 2.36. The number of fused-ring (bicyclic) bond motifs is 1. The van der Waals surface area contributed by atoms with Gasteiger partial charge in [0.25, 0.3) is 0 Å². The summed E-state index contributed by atoms with van der Waals surface area (Å²) in [5.41, 5.74) is 7.63. The lowest BCUT2D eigenvalue weighted by Gasteiger charge is -2.35. The molecule has 0 saturated heterocycles. The van der Waals surface area contributed by atoms with Gasteiger partial charge in [0.15, 0.2) is 0 Å². The van der Waals surface area contributed by atoms with Crippen molar-refractivity contribution in [3.63, 3.8) is 0 Å². The number of aromatic nitrogens is 1. The number of hydrogen-bond acceptors (Lipinski definition) is 3. The molecule has 2 unspecified atom stereocenters. The Balaban J connectivity index is 1.87. The second-order valence-corrected chi connectivity index (χ2v) is 6.16. The molecular formula is C17H23N3. The number of benzene rings is 1. The van der Waals surface area contributed by atoms with E-state index in [0.717, 1.165) is 28.3 Å². The second kappa shape index (κ2) is 5.31. The summed E-state index contributed by atoms with van der Waals surface area (Å²) in [4.78, 5) is 7.14. The van der Waals surface area contributed by atoms with E-state index in [9.17, 15) is 0 Å². The molecule has 1 fully saturated rings. The first-order valence-corrected chi connectivity index (χ1v) is 7.52. The average Bonchev–Trinajstić information content (AvgIpc) is 2.46. The average molecular weight is 269 g/mol. The molecule has 2 atom stereocenters. The van der Waals surface area contributed by atoms with Crippen LogP contribution in [-0.2, 0) is 0 Å². The fraction of sp³-hybridized carbons (Fsp3) is 0.471. The van der Waals surface area contributed by atoms with Crippen molar-refractivity contribution < 1.29 is 0 Å². The largest absolute Gasteiger partial charge is 0.399 e. The maximum absolute atomic E-state index is 5.82. The van der Waals surface area contributed by atoms with Gasteiger partial charge in [-0.25, -0.2) is 4.98 Å². The van der Waals surface area contributed by atoms with Crippen LogP contribution in [0.3, 0.4) is 0 Å². The highest BCUT2D eigenvalue weighted by Gasteiger charge is 2.23. The molecule has 0 bridgehead atoms. The van der Waals surface area contributed by atoms with E-state index >= 15 is 0 Å². The van der Waals surface area contributed by atoms with Crippen LogP contribution in [0.25, 0.3) is 10.9 Å². The molecule has 3 nitrogen and oxygen atoms in total. The quantitative estimate of drug-likeness (QED) is 0.842. The molecule has 1 aromatic heterocycles. The Kier molecular flexibility index (Phi) is 3.51. The minimum atomic E-state index is 0.623. The summed E-state index contributed by atoms with van der Waals surface area (Å²) in [5, 5.41) is 1.11. The maximum Gasteiger partial charge on any atom is 0.129 e. The van der Waals surface area contributed by atoms with Gasteiger partial charge in [-0.05, 0) is 49.1 Å². The number of hydrogen-bond donors (Lipinski definition) is 1. The minimum absolute atomic E-state index is 0.623. The highest BCUT2D eigenvalue weighted by atomic mass is 15.2. The van der Waals surface area contributed by atoms with Crippen LogP contribution in [0.4, 0.5) is 11.5 Å². The Morgan fingerprint density at radius 2 is 2.05 bits per heavy atom. The van der Waals surface area contributed by atoms with Gasteiger partial charge in [0.2, 0.25) is 0 Å². The lowest BCUT2D eigenvalue weighted by Crippen LogP contribution is -2.36. The van der Waals surface area contributed by atoms with Gasteiger partial charge >= 0.3 is 0 Å². The van der Waals surface area contributed by atoms with Crippen molar-refractivity contribution in [3.05, 3.63) is 30.3 Å². The number of nitrogens with zero attached hydrogens (tertiary/aromatic N) is 2. The first-order valence-electron chi connectivity index (χ1n) is 7.52. The predicted octanol–water partition coefficient (Wildman–Crippen LogP) is 3.83. The van der Waals surface area contributed by atoms with E-state index in [-0.39, 0.29) is 0 Å². The van der Waals surface area contributed by atoms with Crippen molar-refractivity contribution in [2.45, 2.75) is 38.6 Å². The highest BCUT2D eigenvalue weighted by molar-refractivity contribution is 5.83. The SMILES string of the molecule is CC1CCCC(N(C)c2ccc3cc(N)ccc3n2)C1. The zero-order chi connectivity index (χ0) is 14.1. The van der Waals surface area contributed by atoms with E-state index in [2.05, 4.69) is 31.0 Å². The van der Waals surface area contributed by atoms with Gasteiger partial charge in [-0.15, -0.1) is 0 Å². The van der Waals surface area contributed by atoms with Crippen LogP contribution >= 0.6 is 0 Å². The van der Waals surface area contributed by atoms with Gasteiger partial charge in [-0.3, -0.25) is 0 Å². The van der Waals surface area contributed by atoms with E-state index in [1.807, 2.05) is 18.2 Å². The Bertz CT molecular complexity index is 608. The molecule has 1 saturated carbocycles. The van der Waals surface area contributed by atoms with Crippen molar-refractivity contribution in [2.75, 3.05) is 17.7 Å². The number of pyridine rings is 1. The fourth-order valence-electron chi connectivity index (χ4n) is 3.27. The van der Waals surface area contributed by atoms with Gasteiger partial charge in [0, 0.05) is 24.2 Å². The van der Waals surface area contributed by atoms with Crippen LogP contribution in [0, 0.1) is 5.92 Å². The fourth-order valence-corrected chi connectivity index (χ4v) is 3.27. The lowest BCUT2D eigenvalue weighted by atomic mass is 9.86. The molecule has 1 aliphatic rings. The summed E-state index contributed by atoms with van der Waals surface area (Å²) in [6.07, 6.45) is 5.26. The Morgan fingerprint density at radius 3 is 2.85 bits per heavy atom. The molecular weight excluding hydrogens is 246 g/mol. The third kappa shape index (κ3) is 2.58. The standard InChI is InChI=1S/C17H23N3/c1-12-4-3-5-15(10-12)20(2)17-9-6-13-11-14(18)7-8-16(13)19-17/h6-9,11-12,15H,3-5,10,18H2,1-2H3. The van der Waals surface area contributed by atoms with E-state index in [1.165, 1.54) is 25.7 Å². The first-order chi connectivity index (χ1) is 9.63. The maximum atomic E-state index is 5.82. The number of nitrogens with two attached hydrogens (primary N) is 1. The molecule has 1 aliphatic carbocycles. The molecule has 0 amide bonds. The number of anilines is 2. The summed E-state index contributed by atoms with van der Waals surface area (Å²) in [7, 11) is 2.17. The van der Waals surface area contributed by atoms with Crippen molar-refractivity contribution in [1.29, 1.82) is 0 Å². The van der Waals surface area contributed by atoms with Gasteiger partial charge < -0.3 is 10.6 Å². The number of nitrogen functional groups attached to an aromatic ring is 1. The third-order valence-electron chi connectivity index (χ3n) is 4.52. The normalized spacial score (nSPS) is 22.9. The van der Waals surface area contributed by atoms with Crippen LogP contribution in [0.15, 0.2) is 30.3 Å². The van der Waals surface area contributed by atoms with Gasteiger partial charge in [-0.1, -0.05) is 19.8 Å². The summed E-state index contributed by atoms with van der Waals surface area (Å²) < 4.78 is 0. The molecule has 3 rings (SSSR count). The van der Waals surface area contributed by atoms with E-state index in [0.29, 0.717) is 6.04 Å². The monoisotopic (exact) mass is 269 g/mol. The topological polar surface area (TPSA) is 42.1 Å². The Morgan fingerprint density at radius 1 is 1.20 bits per heavy atom. The van der Waals surface area contributed by atoms with Gasteiger partial charge in [-0.2, -0.15) is 0 Å². The smallest absolute Gasteiger partial charge is 0.129 e. The van der Waals surface area contributed by atoms with Crippen LogP contribution in [0.2, 0.25) is 0 Å². The molecule has 106 valence electrons. The van der Waals surface area contributed by atoms with Crippen molar-refractivity contribution in [2.24, 2.45) is 5.92 Å². The summed E-state index contributed by atoms with van der Waals surface area (Å²) >= 11 is 0. The van der Waals surface area contributed by atoms with Crippen molar-refractivity contribution in [3.8, 4) is 0 Å². The molecule has 0 aliphatic heterocycles. The summed E-state index contributed by atoms with van der Waals surface area (Å²) in [5.74, 6) is 1.90. The van der Waals surface area contributed by atoms with E-state index in [4.69, 9.17) is 10.7 Å². The van der Waals surface area contributed by atoms with Gasteiger partial charge in [0.05, 0.1) is 5.52 Å².